The molecule has 0 aliphatic heterocycles. The molecule has 4 heteroatoms. The number of benzene rings is 1. The predicted octanol–water partition coefficient (Wildman–Crippen LogP) is 3.33. The molecule has 0 bridgehead atoms. The normalized spacial score (nSPS) is 14.8. The zero-order valence-electron chi connectivity index (χ0n) is 9.61. The monoisotopic (exact) mass is 303 g/mol. The molecule has 2 nitrogen and oxygen atoms in total. The van der Waals surface area contributed by atoms with Crippen LogP contribution in [0.3, 0.4) is 0 Å². The number of nitrogens with two attached hydrogens (primary N) is 1. The molecule has 0 saturated heterocycles. The molecule has 0 radical (unpaired) electrons. The van der Waals surface area contributed by atoms with Gasteiger partial charge in [0.2, 0.25) is 0 Å². The highest BCUT2D eigenvalue weighted by Crippen LogP contribution is 2.30. The molecule has 1 rings (SSSR count). The number of halogens is 1. The molecule has 0 spiro atoms. The molecule has 2 atom stereocenters. The molecule has 1 aromatic carbocycles. The second-order valence-electron chi connectivity index (χ2n) is 3.91. The molecule has 0 heterocycles. The number of hydrogen-bond acceptors (Lipinski definition) is 3. The van der Waals surface area contributed by atoms with Crippen LogP contribution < -0.4 is 5.73 Å². The van der Waals surface area contributed by atoms with E-state index >= 15 is 0 Å². The molecule has 16 heavy (non-hydrogen) atoms. The van der Waals surface area contributed by atoms with E-state index in [2.05, 4.69) is 41.1 Å². The first-order valence-corrected chi connectivity index (χ1v) is 7.04. The van der Waals surface area contributed by atoms with Crippen molar-refractivity contribution >= 4 is 27.7 Å². The number of hydrogen-bond donors (Lipinski definition) is 2. The number of thioether (sulfide) groups is 1. The minimum absolute atomic E-state index is 0.0447. The fourth-order valence-electron chi connectivity index (χ4n) is 1.42. The van der Waals surface area contributed by atoms with Crippen LogP contribution in [-0.2, 0) is 0 Å². The summed E-state index contributed by atoms with van der Waals surface area (Å²) in [5, 5.41) is 9.28. The zero-order chi connectivity index (χ0) is 12.1. The smallest absolute Gasteiger partial charge is 0.0441 e. The quantitative estimate of drug-likeness (QED) is 0.820. The molecule has 0 aromatic heterocycles. The lowest BCUT2D eigenvalue weighted by molar-refractivity contribution is 0.289. The van der Waals surface area contributed by atoms with Crippen molar-refractivity contribution in [1.82, 2.24) is 0 Å². The molecule has 0 amide bonds. The highest BCUT2D eigenvalue weighted by molar-refractivity contribution is 9.10. The van der Waals surface area contributed by atoms with Crippen LogP contribution in [0.2, 0.25) is 0 Å². The van der Waals surface area contributed by atoms with Crippen molar-refractivity contribution in [2.24, 2.45) is 5.73 Å². The van der Waals surface area contributed by atoms with Crippen molar-refractivity contribution in [2.75, 3.05) is 6.61 Å². The zero-order valence-corrected chi connectivity index (χ0v) is 12.0. The first-order chi connectivity index (χ1) is 7.54. The summed E-state index contributed by atoms with van der Waals surface area (Å²) in [6.07, 6.45) is 0.817. The van der Waals surface area contributed by atoms with E-state index in [0.717, 1.165) is 16.5 Å². The maximum atomic E-state index is 8.85. The first kappa shape index (κ1) is 14.0. The number of aliphatic hydroxyl groups excluding tert-OH is 1. The van der Waals surface area contributed by atoms with Crippen molar-refractivity contribution in [3.05, 3.63) is 28.2 Å². The summed E-state index contributed by atoms with van der Waals surface area (Å²) in [6, 6.07) is 6.28. The van der Waals surface area contributed by atoms with Gasteiger partial charge in [0, 0.05) is 27.3 Å². The van der Waals surface area contributed by atoms with E-state index in [1.807, 2.05) is 6.92 Å². The summed E-state index contributed by atoms with van der Waals surface area (Å²) < 4.78 is 1.06. The van der Waals surface area contributed by atoms with Gasteiger partial charge >= 0.3 is 0 Å². The van der Waals surface area contributed by atoms with Gasteiger partial charge in [-0.1, -0.05) is 28.9 Å². The Morgan fingerprint density at radius 3 is 2.62 bits per heavy atom. The van der Waals surface area contributed by atoms with E-state index in [4.69, 9.17) is 10.8 Å². The van der Waals surface area contributed by atoms with Crippen LogP contribution in [0.15, 0.2) is 27.6 Å². The summed E-state index contributed by atoms with van der Waals surface area (Å²) in [4.78, 5) is 1.21. The van der Waals surface area contributed by atoms with E-state index in [1.54, 1.807) is 11.8 Å². The van der Waals surface area contributed by atoms with Gasteiger partial charge in [-0.05, 0) is 31.0 Å². The molecule has 90 valence electrons. The molecule has 0 saturated carbocycles. The summed E-state index contributed by atoms with van der Waals surface area (Å²) >= 11 is 5.31. The Morgan fingerprint density at radius 2 is 2.12 bits per heavy atom. The molecule has 1 aromatic rings. The highest BCUT2D eigenvalue weighted by atomic mass is 79.9. The minimum atomic E-state index is 0.0447. The summed E-state index contributed by atoms with van der Waals surface area (Å²) in [5.74, 6) is 0. The topological polar surface area (TPSA) is 46.2 Å². The van der Waals surface area contributed by atoms with Crippen LogP contribution >= 0.6 is 27.7 Å². The largest absolute Gasteiger partial charge is 0.396 e. The third-order valence-corrected chi connectivity index (χ3v) is 4.19. The van der Waals surface area contributed by atoms with E-state index < -0.39 is 0 Å². The van der Waals surface area contributed by atoms with Gasteiger partial charge in [-0.2, -0.15) is 0 Å². The lowest BCUT2D eigenvalue weighted by Crippen LogP contribution is -2.05. The van der Waals surface area contributed by atoms with Crippen LogP contribution in [0.5, 0.6) is 0 Å². The van der Waals surface area contributed by atoms with E-state index in [1.165, 1.54) is 4.90 Å². The van der Waals surface area contributed by atoms with Crippen molar-refractivity contribution < 1.29 is 5.11 Å². The molecule has 0 aliphatic rings. The Labute approximate surface area is 110 Å². The Kier molecular flexibility index (Phi) is 5.83. The van der Waals surface area contributed by atoms with E-state index in [-0.39, 0.29) is 12.6 Å². The van der Waals surface area contributed by atoms with Gasteiger partial charge < -0.3 is 10.8 Å². The number of aliphatic hydroxyl groups is 1. The predicted molar refractivity (Wildman–Crippen MR) is 73.8 cm³/mol. The summed E-state index contributed by atoms with van der Waals surface area (Å²) in [5.41, 5.74) is 6.97. The van der Waals surface area contributed by atoms with Gasteiger partial charge in [-0.3, -0.25) is 0 Å². The lowest BCUT2D eigenvalue weighted by atomic mass is 10.1. The Hall–Kier alpha value is -0.0300. The second-order valence-corrected chi connectivity index (χ2v) is 6.28. The molecule has 0 fully saturated rings. The van der Waals surface area contributed by atoms with Crippen molar-refractivity contribution in [3.63, 3.8) is 0 Å². The average Bonchev–Trinajstić information content (AvgIpc) is 2.17. The van der Waals surface area contributed by atoms with E-state index in [0.29, 0.717) is 5.25 Å². The second kappa shape index (κ2) is 6.64. The van der Waals surface area contributed by atoms with Crippen LogP contribution in [0.4, 0.5) is 0 Å². The fraction of sp³-hybridized carbons (Fsp3) is 0.500. The standard InChI is InChI=1S/C12H18BrNOS/c1-8(5-6-15)16-10-3-4-11(9(2)14)12(13)7-10/h3-4,7-9,15H,5-6,14H2,1-2H3. The Morgan fingerprint density at radius 1 is 1.44 bits per heavy atom. The van der Waals surface area contributed by atoms with Gasteiger partial charge in [-0.15, -0.1) is 11.8 Å². The Balaban J connectivity index is 2.73. The summed E-state index contributed by atoms with van der Waals surface area (Å²) in [6.45, 7) is 4.34. The van der Waals surface area contributed by atoms with Gasteiger partial charge in [0.1, 0.15) is 0 Å². The SMILES string of the molecule is CC(CCO)Sc1ccc(C(C)N)c(Br)c1. The van der Waals surface area contributed by atoms with Crippen LogP contribution in [-0.4, -0.2) is 17.0 Å². The van der Waals surface area contributed by atoms with Crippen molar-refractivity contribution in [3.8, 4) is 0 Å². The minimum Gasteiger partial charge on any atom is -0.396 e. The summed E-state index contributed by atoms with van der Waals surface area (Å²) in [7, 11) is 0. The number of rotatable bonds is 5. The van der Waals surface area contributed by atoms with Gasteiger partial charge in [0.15, 0.2) is 0 Å². The highest BCUT2D eigenvalue weighted by Gasteiger charge is 2.08. The maximum absolute atomic E-state index is 8.85. The van der Waals surface area contributed by atoms with Gasteiger partial charge in [0.25, 0.3) is 0 Å². The van der Waals surface area contributed by atoms with Crippen molar-refractivity contribution in [2.45, 2.75) is 36.5 Å². The van der Waals surface area contributed by atoms with Crippen LogP contribution in [0.1, 0.15) is 31.9 Å². The molecule has 0 aliphatic carbocycles. The third-order valence-electron chi connectivity index (χ3n) is 2.34. The molecular formula is C12H18BrNOS. The van der Waals surface area contributed by atoms with E-state index in [9.17, 15) is 0 Å². The van der Waals surface area contributed by atoms with Gasteiger partial charge in [-0.25, -0.2) is 0 Å². The molecular weight excluding hydrogens is 286 g/mol. The average molecular weight is 304 g/mol. The third kappa shape index (κ3) is 4.09. The van der Waals surface area contributed by atoms with Crippen molar-refractivity contribution in [1.29, 1.82) is 0 Å². The fourth-order valence-corrected chi connectivity index (χ4v) is 3.34. The maximum Gasteiger partial charge on any atom is 0.0441 e. The van der Waals surface area contributed by atoms with Gasteiger partial charge in [0.05, 0.1) is 0 Å². The van der Waals surface area contributed by atoms with Crippen LogP contribution in [0, 0.1) is 0 Å². The first-order valence-electron chi connectivity index (χ1n) is 5.37. The lowest BCUT2D eigenvalue weighted by Gasteiger charge is -2.13. The molecule has 2 unspecified atom stereocenters. The van der Waals surface area contributed by atoms with Crippen LogP contribution in [0.25, 0.3) is 0 Å². The molecule has 3 N–H and O–H groups in total. The Bertz CT molecular complexity index is 344.